The van der Waals surface area contributed by atoms with E-state index in [0.717, 1.165) is 24.3 Å². The van der Waals surface area contributed by atoms with Crippen molar-refractivity contribution in [1.82, 2.24) is 4.72 Å². The van der Waals surface area contributed by atoms with Crippen molar-refractivity contribution in [3.8, 4) is 0 Å². The van der Waals surface area contributed by atoms with E-state index in [2.05, 4.69) is 4.72 Å². The number of sulfonamides is 1. The first-order valence-corrected chi connectivity index (χ1v) is 8.51. The fourth-order valence-corrected chi connectivity index (χ4v) is 3.33. The molecule has 0 heterocycles. The molecule has 1 rings (SSSR count). The molecule has 1 atom stereocenters. The standard InChI is InChI=1S/C11H16N2O5S2/c1-11(14,8-19-2)7-12-20(17,18)10-5-3-9(4-6-10)13(15)16/h3-6,12,14H,7-8H2,1-2H3. The third-order valence-electron chi connectivity index (χ3n) is 2.46. The minimum absolute atomic E-state index is 0.0805. The fourth-order valence-electron chi connectivity index (χ4n) is 1.44. The van der Waals surface area contributed by atoms with Crippen molar-refractivity contribution in [2.75, 3.05) is 18.6 Å². The van der Waals surface area contributed by atoms with Crippen LogP contribution in [0.2, 0.25) is 0 Å². The first-order chi connectivity index (χ1) is 9.18. The zero-order chi connectivity index (χ0) is 15.4. The van der Waals surface area contributed by atoms with Gasteiger partial charge in [-0.2, -0.15) is 11.8 Å². The van der Waals surface area contributed by atoms with Crippen molar-refractivity contribution in [3.63, 3.8) is 0 Å². The highest BCUT2D eigenvalue weighted by Gasteiger charge is 2.24. The topological polar surface area (TPSA) is 110 Å². The van der Waals surface area contributed by atoms with Crippen LogP contribution >= 0.6 is 11.8 Å². The van der Waals surface area contributed by atoms with E-state index in [-0.39, 0.29) is 17.1 Å². The van der Waals surface area contributed by atoms with E-state index in [0.29, 0.717) is 5.75 Å². The molecule has 2 N–H and O–H groups in total. The van der Waals surface area contributed by atoms with E-state index in [1.165, 1.54) is 18.7 Å². The summed E-state index contributed by atoms with van der Waals surface area (Å²) in [5.74, 6) is 0.385. The summed E-state index contributed by atoms with van der Waals surface area (Å²) >= 11 is 1.40. The number of thioether (sulfide) groups is 1. The molecule has 7 nitrogen and oxygen atoms in total. The third-order valence-corrected chi connectivity index (χ3v) is 4.78. The molecule has 0 aromatic heterocycles. The number of nitro benzene ring substituents is 1. The van der Waals surface area contributed by atoms with Crippen LogP contribution in [-0.2, 0) is 10.0 Å². The summed E-state index contributed by atoms with van der Waals surface area (Å²) in [6.45, 7) is 1.40. The predicted octanol–water partition coefficient (Wildman–Crippen LogP) is 0.987. The number of nitro groups is 1. The molecule has 0 saturated heterocycles. The Morgan fingerprint density at radius 1 is 1.40 bits per heavy atom. The monoisotopic (exact) mass is 320 g/mol. The minimum atomic E-state index is -3.80. The van der Waals surface area contributed by atoms with Crippen LogP contribution in [0, 0.1) is 10.1 Å². The van der Waals surface area contributed by atoms with E-state index in [4.69, 9.17) is 0 Å². The Bertz CT molecular complexity index is 569. The molecule has 1 aromatic carbocycles. The molecule has 0 aliphatic carbocycles. The van der Waals surface area contributed by atoms with Gasteiger partial charge in [-0.15, -0.1) is 0 Å². The smallest absolute Gasteiger partial charge is 0.269 e. The minimum Gasteiger partial charge on any atom is -0.388 e. The van der Waals surface area contributed by atoms with Gasteiger partial charge in [-0.1, -0.05) is 0 Å². The molecule has 0 amide bonds. The average Bonchev–Trinajstić information content (AvgIpc) is 2.37. The van der Waals surface area contributed by atoms with Crippen LogP contribution in [0.1, 0.15) is 6.92 Å². The van der Waals surface area contributed by atoms with Gasteiger partial charge in [-0.25, -0.2) is 13.1 Å². The Morgan fingerprint density at radius 3 is 2.40 bits per heavy atom. The molecule has 9 heteroatoms. The molecule has 0 radical (unpaired) electrons. The molecule has 0 fully saturated rings. The van der Waals surface area contributed by atoms with Crippen molar-refractivity contribution in [2.45, 2.75) is 17.4 Å². The zero-order valence-electron chi connectivity index (χ0n) is 11.1. The second-order valence-corrected chi connectivity index (χ2v) is 7.14. The van der Waals surface area contributed by atoms with Crippen molar-refractivity contribution in [2.24, 2.45) is 0 Å². The van der Waals surface area contributed by atoms with Crippen molar-refractivity contribution < 1.29 is 18.4 Å². The van der Waals surface area contributed by atoms with Gasteiger partial charge in [0.2, 0.25) is 10.0 Å². The number of nitrogens with zero attached hydrogens (tertiary/aromatic N) is 1. The van der Waals surface area contributed by atoms with E-state index in [1.54, 1.807) is 6.26 Å². The third kappa shape index (κ3) is 4.75. The van der Waals surface area contributed by atoms with Crippen molar-refractivity contribution in [3.05, 3.63) is 34.4 Å². The van der Waals surface area contributed by atoms with Gasteiger partial charge in [-0.05, 0) is 25.3 Å². The lowest BCUT2D eigenvalue weighted by molar-refractivity contribution is -0.384. The van der Waals surface area contributed by atoms with Gasteiger partial charge in [0, 0.05) is 24.4 Å². The van der Waals surface area contributed by atoms with Crippen LogP contribution in [0.4, 0.5) is 5.69 Å². The first kappa shape index (κ1) is 16.9. The van der Waals surface area contributed by atoms with Crippen LogP contribution in [0.25, 0.3) is 0 Å². The highest BCUT2D eigenvalue weighted by Crippen LogP contribution is 2.16. The predicted molar refractivity (Wildman–Crippen MR) is 77.3 cm³/mol. The van der Waals surface area contributed by atoms with E-state index < -0.39 is 20.5 Å². The second-order valence-electron chi connectivity index (χ2n) is 4.51. The van der Waals surface area contributed by atoms with Crippen LogP contribution in [0.3, 0.4) is 0 Å². The Hall–Kier alpha value is -1.16. The quantitative estimate of drug-likeness (QED) is 0.572. The summed E-state index contributed by atoms with van der Waals surface area (Å²) in [4.78, 5) is 9.81. The molecule has 0 spiro atoms. The number of hydrogen-bond acceptors (Lipinski definition) is 6. The van der Waals surface area contributed by atoms with Gasteiger partial charge in [-0.3, -0.25) is 10.1 Å². The van der Waals surface area contributed by atoms with Crippen LogP contribution in [-0.4, -0.2) is 42.6 Å². The molecule has 0 aliphatic rings. The van der Waals surface area contributed by atoms with Gasteiger partial charge in [0.25, 0.3) is 5.69 Å². The summed E-state index contributed by atoms with van der Waals surface area (Å²) in [5.41, 5.74) is -1.34. The SMILES string of the molecule is CSCC(C)(O)CNS(=O)(=O)c1ccc([N+](=O)[O-])cc1. The van der Waals surface area contributed by atoms with Crippen LogP contribution in [0.5, 0.6) is 0 Å². The van der Waals surface area contributed by atoms with E-state index in [9.17, 15) is 23.6 Å². The van der Waals surface area contributed by atoms with E-state index >= 15 is 0 Å². The second kappa shape index (κ2) is 6.53. The van der Waals surface area contributed by atoms with Gasteiger partial charge >= 0.3 is 0 Å². The maximum absolute atomic E-state index is 12.0. The number of aliphatic hydroxyl groups is 1. The van der Waals surface area contributed by atoms with Crippen molar-refractivity contribution >= 4 is 27.5 Å². The van der Waals surface area contributed by atoms with Gasteiger partial charge in [0.1, 0.15) is 0 Å². The highest BCUT2D eigenvalue weighted by molar-refractivity contribution is 7.98. The molecule has 0 aliphatic heterocycles. The lowest BCUT2D eigenvalue weighted by Crippen LogP contribution is -2.42. The Balaban J connectivity index is 2.81. The maximum Gasteiger partial charge on any atom is 0.269 e. The zero-order valence-corrected chi connectivity index (χ0v) is 12.7. The normalized spacial score (nSPS) is 14.8. The molecule has 0 saturated carbocycles. The number of benzene rings is 1. The largest absolute Gasteiger partial charge is 0.388 e. The molecule has 1 unspecified atom stereocenters. The summed E-state index contributed by atoms with van der Waals surface area (Å²) < 4.78 is 26.2. The lowest BCUT2D eigenvalue weighted by atomic mass is 10.1. The molecular weight excluding hydrogens is 304 g/mol. The Kier molecular flexibility index (Phi) is 5.51. The summed E-state index contributed by atoms with van der Waals surface area (Å²) in [7, 11) is -3.80. The van der Waals surface area contributed by atoms with Crippen molar-refractivity contribution in [1.29, 1.82) is 0 Å². The average molecular weight is 320 g/mol. The number of non-ortho nitro benzene ring substituents is 1. The van der Waals surface area contributed by atoms with Crippen LogP contribution < -0.4 is 4.72 Å². The van der Waals surface area contributed by atoms with Gasteiger partial charge < -0.3 is 5.11 Å². The van der Waals surface area contributed by atoms with Gasteiger partial charge in [0.05, 0.1) is 15.4 Å². The van der Waals surface area contributed by atoms with E-state index in [1.807, 2.05) is 0 Å². The maximum atomic E-state index is 12.0. The first-order valence-electron chi connectivity index (χ1n) is 5.63. The number of nitrogens with one attached hydrogen (secondary N) is 1. The van der Waals surface area contributed by atoms with Crippen LogP contribution in [0.15, 0.2) is 29.2 Å². The fraction of sp³-hybridized carbons (Fsp3) is 0.455. The molecule has 0 bridgehead atoms. The molecule has 1 aromatic rings. The summed E-state index contributed by atoms with van der Waals surface area (Å²) in [5, 5.41) is 20.4. The molecular formula is C11H16N2O5S2. The van der Waals surface area contributed by atoms with Gasteiger partial charge in [0.15, 0.2) is 0 Å². The molecule has 20 heavy (non-hydrogen) atoms. The lowest BCUT2D eigenvalue weighted by Gasteiger charge is -2.22. The summed E-state index contributed by atoms with van der Waals surface area (Å²) in [6.07, 6.45) is 1.80. The molecule has 112 valence electrons. The number of rotatable bonds is 7. The highest BCUT2D eigenvalue weighted by atomic mass is 32.2. The number of hydrogen-bond donors (Lipinski definition) is 2. The Labute approximate surface area is 121 Å². The Morgan fingerprint density at radius 2 is 1.95 bits per heavy atom. The summed E-state index contributed by atoms with van der Waals surface area (Å²) in [6, 6.07) is 4.55.